The third-order valence-electron chi connectivity index (χ3n) is 5.75. The Kier molecular flexibility index (Phi) is 6.38. The van der Waals surface area contributed by atoms with E-state index in [1.54, 1.807) is 0 Å². The molecular weight excluding hydrogens is 518 g/mol. The Morgan fingerprint density at radius 1 is 1.10 bits per heavy atom. The summed E-state index contributed by atoms with van der Waals surface area (Å²) in [5.41, 5.74) is 11.0. The summed E-state index contributed by atoms with van der Waals surface area (Å²) in [7, 11) is 0. The van der Waals surface area contributed by atoms with Gasteiger partial charge in [0.1, 0.15) is 17.4 Å². The van der Waals surface area contributed by atoms with E-state index in [-0.39, 0.29) is 11.8 Å². The third kappa shape index (κ3) is 4.23. The molecule has 4 rings (SSSR count). The molecule has 0 amide bonds. The summed E-state index contributed by atoms with van der Waals surface area (Å²) in [4.78, 5) is 2.39. The minimum absolute atomic E-state index is 0.179. The minimum atomic E-state index is -0.256. The molecule has 0 aromatic heterocycles. The summed E-state index contributed by atoms with van der Waals surface area (Å²) in [5, 5.41) is 9.95. The van der Waals surface area contributed by atoms with E-state index < -0.39 is 0 Å². The zero-order valence-corrected chi connectivity index (χ0v) is 20.6. The van der Waals surface area contributed by atoms with Gasteiger partial charge in [0, 0.05) is 33.6 Å². The van der Waals surface area contributed by atoms with Crippen LogP contribution in [-0.2, 0) is 4.74 Å². The van der Waals surface area contributed by atoms with Crippen molar-refractivity contribution in [2.45, 2.75) is 25.8 Å². The molecule has 31 heavy (non-hydrogen) atoms. The standard InChI is InChI=1S/C25H23Br2N3O/c1-15(2)30-13-17(11-16-7-3-5-9-21(16)26)24-20(14-30)23(19(12-28)25(29)31-24)18-8-4-6-10-22(18)27/h3-11,15,23H,13-14,29H2,1-2H3. The van der Waals surface area contributed by atoms with Gasteiger partial charge in [0.25, 0.3) is 0 Å². The highest BCUT2D eigenvalue weighted by Crippen LogP contribution is 2.45. The molecule has 0 bridgehead atoms. The number of ether oxygens (including phenoxy) is 1. The topological polar surface area (TPSA) is 62.3 Å². The first-order chi connectivity index (χ1) is 14.9. The van der Waals surface area contributed by atoms with Gasteiger partial charge in [-0.25, -0.2) is 0 Å². The van der Waals surface area contributed by atoms with Crippen LogP contribution in [0.1, 0.15) is 30.9 Å². The summed E-state index contributed by atoms with van der Waals surface area (Å²) in [6.07, 6.45) is 2.15. The quantitative estimate of drug-likeness (QED) is 0.512. The number of rotatable bonds is 3. The van der Waals surface area contributed by atoms with Gasteiger partial charge in [-0.05, 0) is 48.8 Å². The molecule has 1 atom stereocenters. The highest BCUT2D eigenvalue weighted by molar-refractivity contribution is 9.10. The molecule has 2 aromatic rings. The maximum absolute atomic E-state index is 9.95. The molecule has 6 heteroatoms. The fourth-order valence-corrected chi connectivity index (χ4v) is 5.02. The van der Waals surface area contributed by atoms with Gasteiger partial charge in [-0.1, -0.05) is 68.3 Å². The van der Waals surface area contributed by atoms with E-state index in [1.807, 2.05) is 42.5 Å². The number of halogens is 2. The lowest BCUT2D eigenvalue weighted by molar-refractivity contribution is 0.208. The fraction of sp³-hybridized carbons (Fsp3) is 0.240. The first-order valence-electron chi connectivity index (χ1n) is 10.1. The van der Waals surface area contributed by atoms with Crippen LogP contribution >= 0.6 is 31.9 Å². The largest absolute Gasteiger partial charge is 0.440 e. The van der Waals surface area contributed by atoms with E-state index >= 15 is 0 Å². The van der Waals surface area contributed by atoms with Crippen LogP contribution in [0.4, 0.5) is 0 Å². The zero-order valence-electron chi connectivity index (χ0n) is 17.4. The van der Waals surface area contributed by atoms with E-state index in [2.05, 4.69) is 68.8 Å². The van der Waals surface area contributed by atoms with Crippen LogP contribution in [0.5, 0.6) is 0 Å². The van der Waals surface area contributed by atoms with Crippen molar-refractivity contribution in [3.05, 3.63) is 97.0 Å². The van der Waals surface area contributed by atoms with Crippen molar-refractivity contribution in [3.63, 3.8) is 0 Å². The van der Waals surface area contributed by atoms with Crippen molar-refractivity contribution in [1.29, 1.82) is 5.26 Å². The number of benzene rings is 2. The molecular formula is C25H23Br2N3O. The highest BCUT2D eigenvalue weighted by Gasteiger charge is 2.38. The molecule has 0 radical (unpaired) electrons. The van der Waals surface area contributed by atoms with Gasteiger partial charge >= 0.3 is 0 Å². The van der Waals surface area contributed by atoms with Gasteiger partial charge in [-0.2, -0.15) is 5.26 Å². The number of allylic oxidation sites excluding steroid dienone is 1. The summed E-state index contributed by atoms with van der Waals surface area (Å²) in [5.74, 6) is 0.705. The van der Waals surface area contributed by atoms with Gasteiger partial charge in [-0.15, -0.1) is 0 Å². The first-order valence-corrected chi connectivity index (χ1v) is 11.7. The molecule has 2 heterocycles. The second-order valence-electron chi connectivity index (χ2n) is 7.99. The van der Waals surface area contributed by atoms with Crippen LogP contribution in [0.25, 0.3) is 6.08 Å². The molecule has 2 aliphatic rings. The Hall–Kier alpha value is -2.33. The van der Waals surface area contributed by atoms with Crippen LogP contribution in [0.3, 0.4) is 0 Å². The Bertz CT molecular complexity index is 1160. The number of nitrogens with two attached hydrogens (primary N) is 1. The van der Waals surface area contributed by atoms with Crippen LogP contribution in [0.15, 0.2) is 85.8 Å². The lowest BCUT2D eigenvalue weighted by Gasteiger charge is -2.40. The monoisotopic (exact) mass is 539 g/mol. The van der Waals surface area contributed by atoms with Crippen molar-refractivity contribution in [2.24, 2.45) is 5.73 Å². The smallest absolute Gasteiger partial charge is 0.205 e. The van der Waals surface area contributed by atoms with Gasteiger partial charge in [-0.3, -0.25) is 4.90 Å². The van der Waals surface area contributed by atoms with Crippen molar-refractivity contribution in [2.75, 3.05) is 13.1 Å². The van der Waals surface area contributed by atoms with E-state index in [1.165, 1.54) is 0 Å². The molecule has 4 nitrogen and oxygen atoms in total. The highest BCUT2D eigenvalue weighted by atomic mass is 79.9. The lowest BCUT2D eigenvalue weighted by Crippen LogP contribution is -2.41. The van der Waals surface area contributed by atoms with Crippen molar-refractivity contribution < 1.29 is 4.74 Å². The molecule has 0 saturated carbocycles. The Labute approximate surface area is 199 Å². The predicted octanol–water partition coefficient (Wildman–Crippen LogP) is 6.08. The number of nitrogens with zero attached hydrogens (tertiary/aromatic N) is 2. The molecule has 2 aliphatic heterocycles. The van der Waals surface area contributed by atoms with Gasteiger partial charge in [0.2, 0.25) is 5.88 Å². The average Bonchev–Trinajstić information content (AvgIpc) is 2.75. The van der Waals surface area contributed by atoms with Gasteiger partial charge in [0.15, 0.2) is 0 Å². The third-order valence-corrected chi connectivity index (χ3v) is 7.19. The Morgan fingerprint density at radius 2 is 1.77 bits per heavy atom. The van der Waals surface area contributed by atoms with Crippen LogP contribution in [-0.4, -0.2) is 24.0 Å². The first kappa shape index (κ1) is 21.9. The number of nitriles is 1. The van der Waals surface area contributed by atoms with Crippen molar-refractivity contribution in [3.8, 4) is 6.07 Å². The zero-order chi connectivity index (χ0) is 22.1. The van der Waals surface area contributed by atoms with Gasteiger partial charge < -0.3 is 10.5 Å². The van der Waals surface area contributed by atoms with Crippen LogP contribution in [0.2, 0.25) is 0 Å². The fourth-order valence-electron chi connectivity index (χ4n) is 4.11. The SMILES string of the molecule is CC(C)N1CC(=Cc2ccccc2Br)C2=C(C1)C(c1ccccc1Br)C(C#N)=C(N)O2. The average molecular weight is 541 g/mol. The minimum Gasteiger partial charge on any atom is -0.440 e. The molecule has 0 aliphatic carbocycles. The summed E-state index contributed by atoms with van der Waals surface area (Å²) in [6.45, 7) is 5.84. The lowest BCUT2D eigenvalue weighted by atomic mass is 9.80. The molecule has 158 valence electrons. The number of hydrogen-bond donors (Lipinski definition) is 1. The summed E-state index contributed by atoms with van der Waals surface area (Å²) < 4.78 is 8.10. The molecule has 0 fully saturated rings. The maximum Gasteiger partial charge on any atom is 0.205 e. The Balaban J connectivity index is 1.93. The summed E-state index contributed by atoms with van der Waals surface area (Å²) >= 11 is 7.32. The molecule has 2 N–H and O–H groups in total. The van der Waals surface area contributed by atoms with Crippen LogP contribution < -0.4 is 5.73 Å². The number of hydrogen-bond acceptors (Lipinski definition) is 4. The predicted molar refractivity (Wildman–Crippen MR) is 131 cm³/mol. The van der Waals surface area contributed by atoms with E-state index in [9.17, 15) is 5.26 Å². The molecule has 0 spiro atoms. The Morgan fingerprint density at radius 3 is 2.42 bits per heavy atom. The molecule has 1 unspecified atom stereocenters. The second-order valence-corrected chi connectivity index (χ2v) is 9.70. The maximum atomic E-state index is 9.95. The van der Waals surface area contributed by atoms with Crippen molar-refractivity contribution >= 4 is 37.9 Å². The van der Waals surface area contributed by atoms with Gasteiger partial charge in [0.05, 0.1) is 5.92 Å². The summed E-state index contributed by atoms with van der Waals surface area (Å²) in [6, 6.07) is 18.8. The normalized spacial score (nSPS) is 20.6. The molecule has 0 saturated heterocycles. The van der Waals surface area contributed by atoms with Crippen molar-refractivity contribution in [1.82, 2.24) is 4.90 Å². The van der Waals surface area contributed by atoms with E-state index in [0.717, 1.165) is 43.5 Å². The van der Waals surface area contributed by atoms with E-state index in [4.69, 9.17) is 10.5 Å². The van der Waals surface area contributed by atoms with Crippen LogP contribution in [0, 0.1) is 11.3 Å². The second kappa shape index (κ2) is 9.04. The molecule has 2 aromatic carbocycles. The van der Waals surface area contributed by atoms with E-state index in [0.29, 0.717) is 18.2 Å².